The summed E-state index contributed by atoms with van der Waals surface area (Å²) in [6, 6.07) is 0. The Kier molecular flexibility index (Phi) is 4.58. The van der Waals surface area contributed by atoms with Gasteiger partial charge in [-0.15, -0.1) is 0 Å². The van der Waals surface area contributed by atoms with Crippen LogP contribution < -0.4 is 5.32 Å². The van der Waals surface area contributed by atoms with E-state index in [0.29, 0.717) is 19.7 Å². The highest BCUT2D eigenvalue weighted by Crippen LogP contribution is 2.35. The van der Waals surface area contributed by atoms with Crippen LogP contribution in [0.15, 0.2) is 0 Å². The highest BCUT2D eigenvalue weighted by atomic mass is 16.5. The summed E-state index contributed by atoms with van der Waals surface area (Å²) in [5.41, 5.74) is -1.27. The Morgan fingerprint density at radius 1 is 1.29 bits per heavy atom. The summed E-state index contributed by atoms with van der Waals surface area (Å²) < 4.78 is 5.34. The van der Waals surface area contributed by atoms with Crippen LogP contribution in [-0.4, -0.2) is 74.1 Å². The predicted octanol–water partition coefficient (Wildman–Crippen LogP) is 0.0818. The molecule has 6 nitrogen and oxygen atoms in total. The second kappa shape index (κ2) is 5.93. The number of hydrogen-bond acceptors (Lipinski definition) is 4. The Balaban J connectivity index is 2.26. The number of piperidine rings is 1. The molecule has 0 bridgehead atoms. The third kappa shape index (κ3) is 2.79. The molecule has 21 heavy (non-hydrogen) atoms. The van der Waals surface area contributed by atoms with E-state index in [1.807, 2.05) is 13.8 Å². The molecule has 2 rings (SSSR count). The molecule has 2 amide bonds. The van der Waals surface area contributed by atoms with Gasteiger partial charge in [-0.3, -0.25) is 9.59 Å². The molecule has 0 aromatic rings. The fraction of sp³-hybridized carbons (Fsp3) is 0.867. The first-order chi connectivity index (χ1) is 9.85. The fourth-order valence-electron chi connectivity index (χ4n) is 3.46. The lowest BCUT2D eigenvalue weighted by molar-refractivity contribution is -0.166. The van der Waals surface area contributed by atoms with E-state index in [4.69, 9.17) is 4.74 Å². The van der Waals surface area contributed by atoms with E-state index in [-0.39, 0.29) is 11.8 Å². The van der Waals surface area contributed by atoms with Gasteiger partial charge in [-0.2, -0.15) is 0 Å². The molecule has 0 atom stereocenters. The van der Waals surface area contributed by atoms with Gasteiger partial charge in [0.25, 0.3) is 0 Å². The summed E-state index contributed by atoms with van der Waals surface area (Å²) in [6.07, 6.45) is 1.52. The molecule has 0 radical (unpaired) electrons. The Morgan fingerprint density at radius 2 is 1.90 bits per heavy atom. The number of likely N-dealkylation sites (N-methyl/N-ethyl adjacent to an activating group) is 1. The first kappa shape index (κ1) is 16.2. The van der Waals surface area contributed by atoms with Crippen LogP contribution >= 0.6 is 0 Å². The van der Waals surface area contributed by atoms with E-state index in [1.54, 1.807) is 24.0 Å². The summed E-state index contributed by atoms with van der Waals surface area (Å²) in [6.45, 7) is 6.91. The first-order valence-electron chi connectivity index (χ1n) is 7.62. The molecule has 6 heteroatoms. The number of piperazine rings is 1. The quantitative estimate of drug-likeness (QED) is 0.801. The maximum absolute atomic E-state index is 13.2. The van der Waals surface area contributed by atoms with Crippen LogP contribution in [0.2, 0.25) is 0 Å². The number of rotatable bonds is 3. The van der Waals surface area contributed by atoms with Gasteiger partial charge in [0, 0.05) is 27.2 Å². The van der Waals surface area contributed by atoms with Crippen LogP contribution in [0, 0.1) is 5.41 Å². The summed E-state index contributed by atoms with van der Waals surface area (Å²) in [5.74, 6) is 0.0703. The molecule has 2 heterocycles. The van der Waals surface area contributed by atoms with Crippen LogP contribution in [0.1, 0.15) is 26.7 Å². The standard InChI is InChI=1S/C15H27N3O3/c1-14(2)12(19)17(3)9-10-18(14)13(20)15(11-21-4)5-7-16-8-6-15/h16H,5-11H2,1-4H3. The van der Waals surface area contributed by atoms with Crippen molar-refractivity contribution in [3.05, 3.63) is 0 Å². The molecule has 2 aliphatic rings. The van der Waals surface area contributed by atoms with Crippen molar-refractivity contribution in [1.29, 1.82) is 0 Å². The average Bonchev–Trinajstić information content (AvgIpc) is 2.46. The fourth-order valence-corrected chi connectivity index (χ4v) is 3.46. The van der Waals surface area contributed by atoms with Gasteiger partial charge < -0.3 is 19.9 Å². The van der Waals surface area contributed by atoms with Crippen molar-refractivity contribution in [1.82, 2.24) is 15.1 Å². The number of hydrogen-bond donors (Lipinski definition) is 1. The monoisotopic (exact) mass is 297 g/mol. The third-order valence-corrected chi connectivity index (χ3v) is 4.88. The summed E-state index contributed by atoms with van der Waals surface area (Å²) in [7, 11) is 3.43. The number of amides is 2. The maximum atomic E-state index is 13.2. The molecule has 0 aliphatic carbocycles. The minimum atomic E-state index is -0.782. The van der Waals surface area contributed by atoms with Gasteiger partial charge in [-0.05, 0) is 39.8 Å². The Morgan fingerprint density at radius 3 is 2.48 bits per heavy atom. The van der Waals surface area contributed by atoms with Crippen LogP contribution in [0.25, 0.3) is 0 Å². The maximum Gasteiger partial charge on any atom is 0.247 e. The smallest absolute Gasteiger partial charge is 0.247 e. The van der Waals surface area contributed by atoms with E-state index in [2.05, 4.69) is 5.32 Å². The number of ether oxygens (including phenoxy) is 1. The van der Waals surface area contributed by atoms with Crippen LogP contribution in [0.3, 0.4) is 0 Å². The van der Waals surface area contributed by atoms with Crippen LogP contribution in [-0.2, 0) is 14.3 Å². The second-order valence-corrected chi connectivity index (χ2v) is 6.71. The minimum absolute atomic E-state index is 0.00333. The summed E-state index contributed by atoms with van der Waals surface area (Å²) >= 11 is 0. The molecular weight excluding hydrogens is 270 g/mol. The van der Waals surface area contributed by atoms with E-state index in [0.717, 1.165) is 25.9 Å². The molecule has 120 valence electrons. The summed E-state index contributed by atoms with van der Waals surface area (Å²) in [5, 5.41) is 3.29. The largest absolute Gasteiger partial charge is 0.384 e. The van der Waals surface area contributed by atoms with Crippen LogP contribution in [0.4, 0.5) is 0 Å². The molecule has 2 aliphatic heterocycles. The molecule has 0 saturated carbocycles. The molecular formula is C15H27N3O3. The van der Waals surface area contributed by atoms with E-state index >= 15 is 0 Å². The number of nitrogens with one attached hydrogen (secondary N) is 1. The zero-order chi connectivity index (χ0) is 15.7. The van der Waals surface area contributed by atoms with Gasteiger partial charge in [-0.25, -0.2) is 0 Å². The van der Waals surface area contributed by atoms with Crippen LogP contribution in [0.5, 0.6) is 0 Å². The minimum Gasteiger partial charge on any atom is -0.384 e. The first-order valence-corrected chi connectivity index (χ1v) is 7.62. The van der Waals surface area contributed by atoms with Gasteiger partial charge >= 0.3 is 0 Å². The number of carbonyl (C=O) groups is 2. The third-order valence-electron chi connectivity index (χ3n) is 4.88. The summed E-state index contributed by atoms with van der Waals surface area (Å²) in [4.78, 5) is 29.0. The van der Waals surface area contributed by atoms with Crippen molar-refractivity contribution < 1.29 is 14.3 Å². The number of carbonyl (C=O) groups excluding carboxylic acids is 2. The molecule has 0 unspecified atom stereocenters. The van der Waals surface area contributed by atoms with Gasteiger partial charge in [0.1, 0.15) is 5.54 Å². The van der Waals surface area contributed by atoms with Crippen molar-refractivity contribution in [2.24, 2.45) is 5.41 Å². The van der Waals surface area contributed by atoms with Crippen molar-refractivity contribution in [3.63, 3.8) is 0 Å². The number of methoxy groups -OCH3 is 1. The highest BCUT2D eigenvalue weighted by molar-refractivity contribution is 5.93. The lowest BCUT2D eigenvalue weighted by Crippen LogP contribution is -2.67. The molecule has 2 saturated heterocycles. The lowest BCUT2D eigenvalue weighted by atomic mass is 9.77. The van der Waals surface area contributed by atoms with E-state index < -0.39 is 11.0 Å². The van der Waals surface area contributed by atoms with Crippen molar-refractivity contribution in [3.8, 4) is 0 Å². The van der Waals surface area contributed by atoms with Gasteiger partial charge in [-0.1, -0.05) is 0 Å². The van der Waals surface area contributed by atoms with Crippen molar-refractivity contribution >= 4 is 11.8 Å². The Bertz CT molecular complexity index is 411. The topological polar surface area (TPSA) is 61.9 Å². The predicted molar refractivity (Wildman–Crippen MR) is 79.8 cm³/mol. The Hall–Kier alpha value is -1.14. The Labute approximate surface area is 126 Å². The van der Waals surface area contributed by atoms with Crippen molar-refractivity contribution in [2.45, 2.75) is 32.2 Å². The SMILES string of the molecule is COCC1(C(=O)N2CCN(C)C(=O)C2(C)C)CCNCC1. The highest BCUT2D eigenvalue weighted by Gasteiger charge is 2.50. The van der Waals surface area contributed by atoms with E-state index in [1.165, 1.54) is 0 Å². The normalized spacial score (nSPS) is 25.0. The van der Waals surface area contributed by atoms with Gasteiger partial charge in [0.15, 0.2) is 0 Å². The van der Waals surface area contributed by atoms with Gasteiger partial charge in [0.05, 0.1) is 12.0 Å². The molecule has 0 spiro atoms. The average molecular weight is 297 g/mol. The molecule has 2 fully saturated rings. The zero-order valence-electron chi connectivity index (χ0n) is 13.6. The van der Waals surface area contributed by atoms with E-state index in [9.17, 15) is 9.59 Å². The molecule has 1 N–H and O–H groups in total. The molecule has 0 aromatic carbocycles. The second-order valence-electron chi connectivity index (χ2n) is 6.71. The van der Waals surface area contributed by atoms with Crippen molar-refractivity contribution in [2.75, 3.05) is 46.9 Å². The molecule has 0 aromatic heterocycles. The van der Waals surface area contributed by atoms with Gasteiger partial charge in [0.2, 0.25) is 11.8 Å². The lowest BCUT2D eigenvalue weighted by Gasteiger charge is -2.49. The number of nitrogens with zero attached hydrogens (tertiary/aromatic N) is 2. The zero-order valence-corrected chi connectivity index (χ0v) is 13.6.